The standard InChI is InChI=1S/C63H61F3N8O8S2/c1-35-43(44-27-28-51(69-53(44)60(80)81)73-30-29-38-12-9-14-45(46(38)33-73)57(77)72-61-68-47-15-6-7-17-50(47)84-61)13-10-16-49(35)82-42-25-19-37(20-26-42)11-8-18-52(76)70-56(62(3,4)5)59(79)74-32-41(75)31-48(74)58(78)71-55(63(64,65)66)40-23-21-39(22-24-40)54-36(2)67-34-83-54/h6-7,9-10,12-17,19-28,34,41,48,55-56,75H,8,11,18,29-33H2,1-5H3,(H,70,76)(H,71,78)(H,80,81)(H,68,72,77). The fraction of sp³-hybridized carbons (Fsp3) is 0.302. The molecule has 2 aliphatic rings. The summed E-state index contributed by atoms with van der Waals surface area (Å²) in [5.41, 5.74) is 7.59. The summed E-state index contributed by atoms with van der Waals surface area (Å²) >= 11 is 2.75. The van der Waals surface area contributed by atoms with Gasteiger partial charge >= 0.3 is 12.1 Å². The van der Waals surface area contributed by atoms with Crippen molar-refractivity contribution in [3.05, 3.63) is 172 Å². The number of likely N-dealkylation sites (tertiary alicyclic amines) is 1. The number of benzene rings is 5. The van der Waals surface area contributed by atoms with Crippen LogP contribution < -0.4 is 25.6 Å². The van der Waals surface area contributed by atoms with Crippen molar-refractivity contribution in [2.24, 2.45) is 5.41 Å². The Morgan fingerprint density at radius 2 is 1.60 bits per heavy atom. The first-order chi connectivity index (χ1) is 40.1. The molecule has 84 heavy (non-hydrogen) atoms. The van der Waals surface area contributed by atoms with Gasteiger partial charge in [0.1, 0.15) is 29.4 Å². The number of alkyl halides is 3. The van der Waals surface area contributed by atoms with Crippen molar-refractivity contribution in [2.45, 2.75) is 104 Å². The van der Waals surface area contributed by atoms with Gasteiger partial charge in [0.05, 0.1) is 32.4 Å². The van der Waals surface area contributed by atoms with Crippen LogP contribution >= 0.6 is 22.7 Å². The summed E-state index contributed by atoms with van der Waals surface area (Å²) in [6.07, 6.45) is -4.84. The van der Waals surface area contributed by atoms with Gasteiger partial charge in [0.2, 0.25) is 17.7 Å². The van der Waals surface area contributed by atoms with E-state index in [9.17, 15) is 47.4 Å². The lowest BCUT2D eigenvalue weighted by molar-refractivity contribution is -0.165. The molecule has 0 radical (unpaired) electrons. The minimum atomic E-state index is -4.89. The Hall–Kier alpha value is -8.53. The molecule has 0 aliphatic carbocycles. The Labute approximate surface area is 490 Å². The fourth-order valence-corrected chi connectivity index (χ4v) is 12.4. The van der Waals surface area contributed by atoms with Crippen LogP contribution in [0.2, 0.25) is 0 Å². The highest BCUT2D eigenvalue weighted by Gasteiger charge is 2.48. The number of hydrogen-bond donors (Lipinski definition) is 5. The highest BCUT2D eigenvalue weighted by atomic mass is 32.1. The first-order valence-electron chi connectivity index (χ1n) is 27.4. The molecule has 1 saturated heterocycles. The molecule has 0 bridgehead atoms. The summed E-state index contributed by atoms with van der Waals surface area (Å²) < 4.78 is 51.0. The molecule has 4 atom stereocenters. The molecule has 3 aromatic heterocycles. The second-order valence-electron chi connectivity index (χ2n) is 22.1. The van der Waals surface area contributed by atoms with E-state index >= 15 is 0 Å². The Bertz CT molecular complexity index is 3760. The van der Waals surface area contributed by atoms with Gasteiger partial charge in [0.15, 0.2) is 16.9 Å². The highest BCUT2D eigenvalue weighted by molar-refractivity contribution is 7.22. The molecular formula is C63H61F3N8O8S2. The number of pyridine rings is 1. The van der Waals surface area contributed by atoms with Crippen molar-refractivity contribution in [1.29, 1.82) is 0 Å². The zero-order valence-electron chi connectivity index (χ0n) is 46.6. The Balaban J connectivity index is 0.745. The van der Waals surface area contributed by atoms with Crippen molar-refractivity contribution in [3.63, 3.8) is 0 Å². The number of aromatic carboxylic acids is 1. The smallest absolute Gasteiger partial charge is 0.412 e. The number of nitrogens with one attached hydrogen (secondary N) is 3. The average Bonchev–Trinajstić information content (AvgIpc) is 2.86. The van der Waals surface area contributed by atoms with Crippen molar-refractivity contribution in [1.82, 2.24) is 30.5 Å². The Kier molecular flexibility index (Phi) is 17.0. The third kappa shape index (κ3) is 13.0. The summed E-state index contributed by atoms with van der Waals surface area (Å²) in [6.45, 7) is 9.40. The fourth-order valence-electron chi connectivity index (χ4n) is 10.8. The molecule has 2 aliphatic heterocycles. The zero-order valence-corrected chi connectivity index (χ0v) is 48.3. The van der Waals surface area contributed by atoms with E-state index in [4.69, 9.17) is 4.74 Å². The zero-order chi connectivity index (χ0) is 59.6. The number of carboxylic acids is 1. The predicted molar refractivity (Wildman–Crippen MR) is 316 cm³/mol. The number of ether oxygens (including phenoxy) is 1. The molecule has 434 valence electrons. The minimum absolute atomic E-state index is 0.0253. The molecule has 5 N–H and O–H groups in total. The molecule has 0 spiro atoms. The predicted octanol–water partition coefficient (Wildman–Crippen LogP) is 11.6. The number of carbonyl (C=O) groups is 5. The van der Waals surface area contributed by atoms with Gasteiger partial charge in [0, 0.05) is 43.6 Å². The number of rotatable bonds is 17. The third-order valence-electron chi connectivity index (χ3n) is 15.2. The summed E-state index contributed by atoms with van der Waals surface area (Å²) in [6, 6.07) is 30.2. The van der Waals surface area contributed by atoms with Gasteiger partial charge in [-0.15, -0.1) is 11.3 Å². The number of amides is 4. The lowest BCUT2D eigenvalue weighted by atomic mass is 9.85. The number of anilines is 2. The number of para-hydroxylation sites is 1. The maximum absolute atomic E-state index is 14.6. The number of fused-ring (bicyclic) bond motifs is 2. The summed E-state index contributed by atoms with van der Waals surface area (Å²) in [7, 11) is 0. The SMILES string of the molecule is Cc1ncsc1-c1ccc(C(NC(=O)C2CC(O)CN2C(=O)C(NC(=O)CCCc2ccc(Oc3cccc(-c4ccc(N5CCc6cccc(C(=O)Nc7nc8ccccc8s7)c6C5)nc4C(=O)O)c3C)cc2)C(C)(C)C)C(F)(F)F)cc1. The average molecular weight is 1180 g/mol. The van der Waals surface area contributed by atoms with Crippen LogP contribution in [-0.2, 0) is 33.8 Å². The van der Waals surface area contributed by atoms with E-state index in [0.29, 0.717) is 82.6 Å². The number of carboxylic acid groups (broad SMARTS) is 1. The van der Waals surface area contributed by atoms with Crippen LogP contribution in [0.3, 0.4) is 0 Å². The van der Waals surface area contributed by atoms with Crippen LogP contribution in [0.1, 0.15) is 100 Å². The van der Waals surface area contributed by atoms with Gasteiger partial charge in [-0.1, -0.05) is 105 Å². The molecule has 4 unspecified atom stereocenters. The molecule has 8 aromatic rings. The van der Waals surface area contributed by atoms with Crippen LogP contribution in [0.5, 0.6) is 11.5 Å². The molecule has 10 rings (SSSR count). The van der Waals surface area contributed by atoms with Crippen molar-refractivity contribution in [3.8, 4) is 33.1 Å². The van der Waals surface area contributed by atoms with Gasteiger partial charge in [-0.25, -0.2) is 19.7 Å². The first-order valence-corrected chi connectivity index (χ1v) is 29.1. The summed E-state index contributed by atoms with van der Waals surface area (Å²) in [5, 5.41) is 29.6. The monoisotopic (exact) mass is 1180 g/mol. The van der Waals surface area contributed by atoms with Gasteiger partial charge in [-0.05, 0) is 126 Å². The number of thiazole rings is 2. The molecule has 16 nitrogen and oxygen atoms in total. The van der Waals surface area contributed by atoms with Crippen molar-refractivity contribution in [2.75, 3.05) is 23.3 Å². The lowest BCUT2D eigenvalue weighted by Gasteiger charge is -2.35. The molecular weight excluding hydrogens is 1120 g/mol. The number of hydrogen-bond acceptors (Lipinski definition) is 13. The van der Waals surface area contributed by atoms with E-state index in [2.05, 4.69) is 30.9 Å². The second-order valence-corrected chi connectivity index (χ2v) is 24.0. The van der Waals surface area contributed by atoms with Crippen molar-refractivity contribution >= 4 is 73.4 Å². The van der Waals surface area contributed by atoms with E-state index in [1.165, 1.54) is 46.9 Å². The molecule has 21 heteroatoms. The number of β-amino-alcohol motifs (C(OH)–C–C–N with tert-alkyl or cyclic N) is 1. The second kappa shape index (κ2) is 24.4. The van der Waals surface area contributed by atoms with E-state index in [-0.39, 0.29) is 36.6 Å². The molecule has 5 heterocycles. The van der Waals surface area contributed by atoms with E-state index < -0.39 is 59.5 Å². The normalized spacial score (nSPS) is 16.0. The maximum atomic E-state index is 14.6. The van der Waals surface area contributed by atoms with Crippen LogP contribution in [0.25, 0.3) is 31.8 Å². The van der Waals surface area contributed by atoms with E-state index in [0.717, 1.165) is 42.4 Å². The number of aliphatic hydroxyl groups excluding tert-OH is 1. The summed E-state index contributed by atoms with van der Waals surface area (Å²) in [5.74, 6) is -2.24. The number of carbonyl (C=O) groups excluding carboxylic acids is 4. The topological polar surface area (TPSA) is 216 Å². The van der Waals surface area contributed by atoms with E-state index in [1.807, 2.05) is 66.4 Å². The lowest BCUT2D eigenvalue weighted by Crippen LogP contribution is -2.58. The maximum Gasteiger partial charge on any atom is 0.412 e. The van der Waals surface area contributed by atoms with Gasteiger partial charge in [0.25, 0.3) is 5.91 Å². The number of nitrogens with zero attached hydrogens (tertiary/aromatic N) is 5. The van der Waals surface area contributed by atoms with Crippen molar-refractivity contribution < 1.29 is 52.1 Å². The van der Waals surface area contributed by atoms with Crippen LogP contribution in [0.15, 0.2) is 127 Å². The number of aromatic nitrogens is 3. The van der Waals surface area contributed by atoms with Gasteiger partial charge in [-0.3, -0.25) is 24.5 Å². The van der Waals surface area contributed by atoms with Gasteiger partial charge in [-0.2, -0.15) is 13.2 Å². The largest absolute Gasteiger partial charge is 0.476 e. The van der Waals surface area contributed by atoms with Crippen LogP contribution in [-0.4, -0.2) is 97.1 Å². The molecule has 5 aromatic carbocycles. The number of aryl methyl sites for hydroxylation is 2. The van der Waals surface area contributed by atoms with Gasteiger partial charge < -0.3 is 35.4 Å². The summed E-state index contributed by atoms with van der Waals surface area (Å²) in [4.78, 5) is 85.4. The highest BCUT2D eigenvalue weighted by Crippen LogP contribution is 2.39. The van der Waals surface area contributed by atoms with E-state index in [1.54, 1.807) is 75.7 Å². The first kappa shape index (κ1) is 58.7. The number of halogens is 3. The van der Waals surface area contributed by atoms with Crippen LogP contribution in [0.4, 0.5) is 24.1 Å². The molecule has 1 fully saturated rings. The Morgan fingerprint density at radius 1 is 0.845 bits per heavy atom. The molecule has 4 amide bonds. The third-order valence-corrected chi connectivity index (χ3v) is 17.1. The van der Waals surface area contributed by atoms with Crippen LogP contribution in [0, 0.1) is 19.3 Å². The Morgan fingerprint density at radius 3 is 2.30 bits per heavy atom. The quantitative estimate of drug-likeness (QED) is 0.0576. The molecule has 0 saturated carbocycles. The minimum Gasteiger partial charge on any atom is -0.476 e. The number of aliphatic hydroxyl groups is 1.